The van der Waals surface area contributed by atoms with Crippen molar-refractivity contribution in [2.24, 2.45) is 5.92 Å². The lowest BCUT2D eigenvalue weighted by Crippen LogP contribution is -2.40. The Hall–Kier alpha value is -2.61. The summed E-state index contributed by atoms with van der Waals surface area (Å²) in [7, 11) is 1.49. The quantitative estimate of drug-likeness (QED) is 0.799. The molecule has 3 aliphatic rings. The second kappa shape index (κ2) is 6.97. The van der Waals surface area contributed by atoms with Crippen LogP contribution in [0.25, 0.3) is 10.9 Å². The van der Waals surface area contributed by atoms with E-state index in [0.29, 0.717) is 41.2 Å². The average molecular weight is 415 g/mol. The molecule has 8 heteroatoms. The smallest absolute Gasteiger partial charge is 0.341 e. The van der Waals surface area contributed by atoms with Crippen LogP contribution in [0.4, 0.5) is 10.1 Å². The molecule has 160 valence electrons. The van der Waals surface area contributed by atoms with Crippen molar-refractivity contribution in [1.29, 1.82) is 0 Å². The predicted octanol–water partition coefficient (Wildman–Crippen LogP) is 2.68. The largest absolute Gasteiger partial charge is 0.492 e. The van der Waals surface area contributed by atoms with E-state index in [1.807, 2.05) is 9.47 Å². The lowest BCUT2D eigenvalue weighted by molar-refractivity contribution is 0.0694. The minimum Gasteiger partial charge on any atom is -0.492 e. The number of carbonyl (C=O) groups is 1. The molecule has 3 fully saturated rings. The maximum Gasteiger partial charge on any atom is 0.341 e. The summed E-state index contributed by atoms with van der Waals surface area (Å²) in [4.78, 5) is 26.8. The zero-order chi connectivity index (χ0) is 21.2. The summed E-state index contributed by atoms with van der Waals surface area (Å²) in [5.74, 6) is -1.04. The van der Waals surface area contributed by atoms with Gasteiger partial charge >= 0.3 is 5.97 Å². The number of fused-ring (bicyclic) bond motifs is 2. The SMILES string of the molecule is COc1c(N2CC3CCCNC3C2)c(F)cc2c(=O)c(C(=O)O)c(C)n(C3CC3)c12. The Bertz CT molecular complexity index is 1090. The molecular weight excluding hydrogens is 389 g/mol. The van der Waals surface area contributed by atoms with Crippen molar-refractivity contribution in [2.45, 2.75) is 44.7 Å². The van der Waals surface area contributed by atoms with Crippen LogP contribution in [-0.4, -0.2) is 48.4 Å². The van der Waals surface area contributed by atoms with E-state index < -0.39 is 17.2 Å². The van der Waals surface area contributed by atoms with Crippen LogP contribution < -0.4 is 20.4 Å². The molecule has 0 spiro atoms. The van der Waals surface area contributed by atoms with Crippen molar-refractivity contribution in [3.05, 3.63) is 33.4 Å². The minimum absolute atomic E-state index is 0.0674. The number of benzene rings is 1. The number of piperidine rings is 1. The molecule has 0 amide bonds. The van der Waals surface area contributed by atoms with Crippen molar-refractivity contribution in [1.82, 2.24) is 9.88 Å². The van der Waals surface area contributed by atoms with Gasteiger partial charge in [0, 0.05) is 30.9 Å². The molecule has 0 radical (unpaired) electrons. The van der Waals surface area contributed by atoms with Crippen LogP contribution in [0.2, 0.25) is 0 Å². The highest BCUT2D eigenvalue weighted by atomic mass is 19.1. The van der Waals surface area contributed by atoms with E-state index in [0.717, 1.165) is 38.8 Å². The summed E-state index contributed by atoms with van der Waals surface area (Å²) in [6, 6.07) is 1.62. The molecule has 30 heavy (non-hydrogen) atoms. The van der Waals surface area contributed by atoms with E-state index >= 15 is 4.39 Å². The van der Waals surface area contributed by atoms with Gasteiger partial charge in [-0.2, -0.15) is 0 Å². The highest BCUT2D eigenvalue weighted by molar-refractivity contribution is 5.98. The lowest BCUT2D eigenvalue weighted by Gasteiger charge is -2.25. The normalized spacial score (nSPS) is 23.6. The van der Waals surface area contributed by atoms with E-state index in [9.17, 15) is 14.7 Å². The third-order valence-corrected chi connectivity index (χ3v) is 6.86. The number of pyridine rings is 1. The standard InChI is InChI=1S/C22H26FN3O4/c1-11-17(22(28)29)20(27)14-8-15(23)19(21(30-2)18(14)26(11)13-5-6-13)25-9-12-4-3-7-24-16(12)10-25/h8,12-13,16,24H,3-7,9-10H2,1-2H3,(H,28,29). The molecule has 7 nitrogen and oxygen atoms in total. The van der Waals surface area contributed by atoms with Gasteiger partial charge in [-0.1, -0.05) is 0 Å². The first-order valence-electron chi connectivity index (χ1n) is 10.6. The second-order valence-electron chi connectivity index (χ2n) is 8.70. The van der Waals surface area contributed by atoms with Crippen LogP contribution in [0.1, 0.15) is 47.8 Å². The minimum atomic E-state index is -1.29. The number of hydrogen-bond acceptors (Lipinski definition) is 5. The van der Waals surface area contributed by atoms with Gasteiger partial charge in [-0.3, -0.25) is 4.79 Å². The fraction of sp³-hybridized carbons (Fsp3) is 0.545. The summed E-state index contributed by atoms with van der Waals surface area (Å²) < 4.78 is 23.0. The molecule has 5 rings (SSSR count). The molecule has 2 atom stereocenters. The number of methoxy groups -OCH3 is 1. The Labute approximate surface area is 173 Å². The number of nitrogens with one attached hydrogen (secondary N) is 1. The number of rotatable bonds is 4. The lowest BCUT2D eigenvalue weighted by atomic mass is 9.94. The molecule has 2 saturated heterocycles. The van der Waals surface area contributed by atoms with Crippen LogP contribution in [0.5, 0.6) is 5.75 Å². The second-order valence-corrected chi connectivity index (χ2v) is 8.70. The molecule has 1 aromatic heterocycles. The van der Waals surface area contributed by atoms with Gasteiger partial charge in [0.1, 0.15) is 11.3 Å². The van der Waals surface area contributed by atoms with Gasteiger partial charge < -0.3 is 24.6 Å². The van der Waals surface area contributed by atoms with Gasteiger partial charge in [0.15, 0.2) is 11.6 Å². The Morgan fingerprint density at radius 2 is 2.07 bits per heavy atom. The van der Waals surface area contributed by atoms with Crippen LogP contribution >= 0.6 is 0 Å². The Kier molecular flexibility index (Phi) is 4.50. The van der Waals surface area contributed by atoms with Crippen LogP contribution in [-0.2, 0) is 0 Å². The fourth-order valence-corrected chi connectivity index (χ4v) is 5.36. The molecule has 2 N–H and O–H groups in total. The number of ether oxygens (including phenoxy) is 1. The number of carboxylic acids is 1. The topological polar surface area (TPSA) is 83.8 Å². The average Bonchev–Trinajstić information content (AvgIpc) is 3.45. The summed E-state index contributed by atoms with van der Waals surface area (Å²) in [6.45, 7) is 4.05. The number of anilines is 1. The van der Waals surface area contributed by atoms with Gasteiger partial charge in [-0.05, 0) is 51.1 Å². The van der Waals surface area contributed by atoms with Crippen molar-refractivity contribution >= 4 is 22.6 Å². The third kappa shape index (κ3) is 2.80. The summed E-state index contributed by atoms with van der Waals surface area (Å²) in [5.41, 5.74) is 0.326. The van der Waals surface area contributed by atoms with Gasteiger partial charge in [-0.15, -0.1) is 0 Å². The number of aromatic nitrogens is 1. The van der Waals surface area contributed by atoms with Crippen molar-refractivity contribution in [2.75, 3.05) is 31.6 Å². The van der Waals surface area contributed by atoms with Crippen LogP contribution in [0.15, 0.2) is 10.9 Å². The number of halogens is 1. The molecule has 2 aliphatic heterocycles. The van der Waals surface area contributed by atoms with E-state index in [1.54, 1.807) is 6.92 Å². The molecule has 1 saturated carbocycles. The first-order valence-corrected chi connectivity index (χ1v) is 10.6. The highest BCUT2D eigenvalue weighted by Crippen LogP contribution is 2.45. The van der Waals surface area contributed by atoms with Gasteiger partial charge in [0.25, 0.3) is 0 Å². The molecular formula is C22H26FN3O4. The molecule has 0 bridgehead atoms. The molecule has 2 aromatic rings. The monoisotopic (exact) mass is 415 g/mol. The van der Waals surface area contributed by atoms with Crippen molar-refractivity contribution in [3.63, 3.8) is 0 Å². The first-order chi connectivity index (χ1) is 14.4. The Morgan fingerprint density at radius 3 is 2.70 bits per heavy atom. The number of hydrogen-bond donors (Lipinski definition) is 2. The number of aromatic carboxylic acids is 1. The Balaban J connectivity index is 1.77. The Morgan fingerprint density at radius 1 is 1.30 bits per heavy atom. The van der Waals surface area contributed by atoms with Gasteiger partial charge in [-0.25, -0.2) is 9.18 Å². The van der Waals surface area contributed by atoms with E-state index in [2.05, 4.69) is 5.32 Å². The van der Waals surface area contributed by atoms with Crippen LogP contribution in [0, 0.1) is 18.7 Å². The number of carboxylic acid groups (broad SMARTS) is 1. The van der Waals surface area contributed by atoms with E-state index in [4.69, 9.17) is 4.74 Å². The molecule has 2 unspecified atom stereocenters. The maximum atomic E-state index is 15.4. The molecule has 1 aromatic carbocycles. The van der Waals surface area contributed by atoms with Crippen molar-refractivity contribution in [3.8, 4) is 5.75 Å². The van der Waals surface area contributed by atoms with E-state index in [1.165, 1.54) is 13.2 Å². The summed E-state index contributed by atoms with van der Waals surface area (Å²) in [5, 5.41) is 13.2. The highest BCUT2D eigenvalue weighted by Gasteiger charge is 2.38. The fourth-order valence-electron chi connectivity index (χ4n) is 5.36. The van der Waals surface area contributed by atoms with Crippen LogP contribution in [0.3, 0.4) is 0 Å². The maximum absolute atomic E-state index is 15.4. The summed E-state index contributed by atoms with van der Waals surface area (Å²) in [6.07, 6.45) is 4.02. The molecule has 1 aliphatic carbocycles. The first kappa shape index (κ1) is 19.4. The number of nitrogens with zero attached hydrogens (tertiary/aromatic N) is 2. The zero-order valence-electron chi connectivity index (χ0n) is 17.2. The summed E-state index contributed by atoms with van der Waals surface area (Å²) >= 11 is 0. The third-order valence-electron chi connectivity index (χ3n) is 6.86. The van der Waals surface area contributed by atoms with Crippen molar-refractivity contribution < 1.29 is 19.0 Å². The molecule has 3 heterocycles. The van der Waals surface area contributed by atoms with Gasteiger partial charge in [0.05, 0.1) is 18.0 Å². The van der Waals surface area contributed by atoms with E-state index in [-0.39, 0.29) is 17.0 Å². The zero-order valence-corrected chi connectivity index (χ0v) is 17.2. The predicted molar refractivity (Wildman–Crippen MR) is 111 cm³/mol. The van der Waals surface area contributed by atoms with Gasteiger partial charge in [0.2, 0.25) is 5.43 Å².